The van der Waals surface area contributed by atoms with E-state index < -0.39 is 15.9 Å². The van der Waals surface area contributed by atoms with E-state index in [0.29, 0.717) is 43.5 Å². The summed E-state index contributed by atoms with van der Waals surface area (Å²) in [5.74, 6) is 0.868. The Morgan fingerprint density at radius 2 is 2.07 bits per heavy atom. The molecule has 2 aromatic heterocycles. The van der Waals surface area contributed by atoms with Crippen molar-refractivity contribution >= 4 is 15.7 Å². The van der Waals surface area contributed by atoms with E-state index >= 15 is 0 Å². The highest BCUT2D eigenvalue weighted by molar-refractivity contribution is 7.91. The Hall–Kier alpha value is -2.33. The Bertz CT molecular complexity index is 930. The summed E-state index contributed by atoms with van der Waals surface area (Å²) in [4.78, 5) is 25.0. The van der Waals surface area contributed by atoms with Crippen molar-refractivity contribution < 1.29 is 17.7 Å². The van der Waals surface area contributed by atoms with Crippen molar-refractivity contribution in [1.29, 1.82) is 0 Å². The van der Waals surface area contributed by atoms with Crippen LogP contribution in [0.5, 0.6) is 0 Å². The van der Waals surface area contributed by atoms with Crippen LogP contribution >= 0.6 is 0 Å². The molecule has 2 fully saturated rings. The molecule has 0 bridgehead atoms. The lowest BCUT2D eigenvalue weighted by Crippen LogP contribution is -2.60. The number of sulfone groups is 1. The fourth-order valence-corrected chi connectivity index (χ4v) is 5.79. The van der Waals surface area contributed by atoms with Crippen molar-refractivity contribution in [3.8, 4) is 0 Å². The summed E-state index contributed by atoms with van der Waals surface area (Å²) in [6, 6.07) is 4.46. The Labute approximate surface area is 157 Å². The molecule has 2 aromatic rings. The lowest BCUT2D eigenvalue weighted by molar-refractivity contribution is 0.0269. The van der Waals surface area contributed by atoms with Gasteiger partial charge in [-0.15, -0.1) is 0 Å². The first-order valence-corrected chi connectivity index (χ1v) is 10.8. The quantitative estimate of drug-likeness (QED) is 0.724. The molecule has 10 heteroatoms. The highest BCUT2D eigenvalue weighted by atomic mass is 32.2. The maximum absolute atomic E-state index is 12.9. The molecule has 2 aliphatic rings. The minimum atomic E-state index is -3.22. The molecule has 0 saturated carbocycles. The molecule has 2 unspecified atom stereocenters. The van der Waals surface area contributed by atoms with Crippen LogP contribution in [-0.4, -0.2) is 75.9 Å². The number of aryl methyl sites for hydroxylation is 1. The monoisotopic (exact) mass is 391 g/mol. The van der Waals surface area contributed by atoms with Crippen molar-refractivity contribution in [2.75, 3.05) is 24.6 Å². The normalized spacial score (nSPS) is 24.7. The van der Waals surface area contributed by atoms with Gasteiger partial charge >= 0.3 is 0 Å². The minimum absolute atomic E-state index is 0.0262. The van der Waals surface area contributed by atoms with Gasteiger partial charge in [-0.05, 0) is 12.1 Å². The Morgan fingerprint density at radius 1 is 1.26 bits per heavy atom. The third-order valence-corrected chi connectivity index (χ3v) is 6.80. The first-order valence-electron chi connectivity index (χ1n) is 8.95. The maximum Gasteiger partial charge on any atom is 0.272 e. The van der Waals surface area contributed by atoms with Crippen LogP contribution in [0.4, 0.5) is 0 Å². The standard InChI is InChI=1S/C17H21N5O4S/c1-2-15-19-16(26-20-15)9-21-7-8-22(14-11-27(24,25)10-13(14)21)17(23)12-5-3-4-6-18-12/h3-6,13-14H,2,7-11H2,1H3. The molecule has 4 rings (SSSR count). The summed E-state index contributed by atoms with van der Waals surface area (Å²) >= 11 is 0. The van der Waals surface area contributed by atoms with Gasteiger partial charge in [0.15, 0.2) is 15.7 Å². The Balaban J connectivity index is 1.56. The zero-order chi connectivity index (χ0) is 19.0. The molecular formula is C17H21N5O4S. The van der Waals surface area contributed by atoms with E-state index in [2.05, 4.69) is 15.1 Å². The molecule has 2 aliphatic heterocycles. The average Bonchev–Trinajstić information content (AvgIpc) is 3.25. The SMILES string of the molecule is CCc1noc(CN2CCN(C(=O)c3ccccn3)C3CS(=O)(=O)CC32)n1. The van der Waals surface area contributed by atoms with Crippen LogP contribution in [-0.2, 0) is 22.8 Å². The molecule has 4 heterocycles. The first-order chi connectivity index (χ1) is 13.0. The number of aromatic nitrogens is 3. The Kier molecular flexibility index (Phi) is 4.68. The summed E-state index contributed by atoms with van der Waals surface area (Å²) in [6.07, 6.45) is 2.24. The minimum Gasteiger partial charge on any atom is -0.338 e. The lowest BCUT2D eigenvalue weighted by atomic mass is 10.0. The highest BCUT2D eigenvalue weighted by Crippen LogP contribution is 2.29. The molecule has 2 atom stereocenters. The van der Waals surface area contributed by atoms with Crippen LogP contribution in [0, 0.1) is 0 Å². The van der Waals surface area contributed by atoms with Crippen molar-refractivity contribution in [3.05, 3.63) is 41.8 Å². The van der Waals surface area contributed by atoms with E-state index in [1.54, 1.807) is 29.3 Å². The van der Waals surface area contributed by atoms with Gasteiger partial charge in [-0.1, -0.05) is 18.1 Å². The van der Waals surface area contributed by atoms with Crippen LogP contribution in [0.2, 0.25) is 0 Å². The van der Waals surface area contributed by atoms with Crippen molar-refractivity contribution in [2.24, 2.45) is 0 Å². The van der Waals surface area contributed by atoms with Crippen LogP contribution in [0.1, 0.15) is 29.1 Å². The predicted octanol–water partition coefficient (Wildman–Crippen LogP) is 0.151. The molecule has 0 aromatic carbocycles. The smallest absolute Gasteiger partial charge is 0.272 e. The van der Waals surface area contributed by atoms with E-state index in [1.807, 2.05) is 11.8 Å². The van der Waals surface area contributed by atoms with Gasteiger partial charge < -0.3 is 9.42 Å². The fourth-order valence-electron chi connectivity index (χ4n) is 3.78. The topological polar surface area (TPSA) is 110 Å². The van der Waals surface area contributed by atoms with Gasteiger partial charge in [-0.3, -0.25) is 14.7 Å². The second-order valence-electron chi connectivity index (χ2n) is 6.85. The molecule has 1 amide bonds. The molecule has 2 saturated heterocycles. The van der Waals surface area contributed by atoms with Gasteiger partial charge in [0.1, 0.15) is 5.69 Å². The van der Waals surface area contributed by atoms with Crippen LogP contribution in [0.3, 0.4) is 0 Å². The zero-order valence-electron chi connectivity index (χ0n) is 15.0. The molecule has 27 heavy (non-hydrogen) atoms. The molecule has 0 spiro atoms. The second-order valence-corrected chi connectivity index (χ2v) is 9.01. The summed E-state index contributed by atoms with van der Waals surface area (Å²) in [5, 5.41) is 3.89. The number of hydrogen-bond donors (Lipinski definition) is 0. The van der Waals surface area contributed by atoms with Crippen molar-refractivity contribution in [1.82, 2.24) is 24.9 Å². The van der Waals surface area contributed by atoms with Gasteiger partial charge in [0.05, 0.1) is 24.1 Å². The molecule has 0 N–H and O–H groups in total. The number of fused-ring (bicyclic) bond motifs is 1. The van der Waals surface area contributed by atoms with Crippen molar-refractivity contribution in [3.63, 3.8) is 0 Å². The predicted molar refractivity (Wildman–Crippen MR) is 95.6 cm³/mol. The second kappa shape index (κ2) is 7.01. The van der Waals surface area contributed by atoms with E-state index in [0.717, 1.165) is 0 Å². The Morgan fingerprint density at radius 3 is 2.78 bits per heavy atom. The van der Waals surface area contributed by atoms with Crippen LogP contribution in [0.15, 0.2) is 28.9 Å². The summed E-state index contributed by atoms with van der Waals surface area (Å²) in [7, 11) is -3.22. The summed E-state index contributed by atoms with van der Waals surface area (Å²) in [5.41, 5.74) is 0.332. The molecule has 0 aliphatic carbocycles. The van der Waals surface area contributed by atoms with Gasteiger partial charge in [-0.25, -0.2) is 8.42 Å². The van der Waals surface area contributed by atoms with Crippen LogP contribution in [0.25, 0.3) is 0 Å². The number of carbonyl (C=O) groups is 1. The summed E-state index contributed by atoms with van der Waals surface area (Å²) in [6.45, 7) is 3.30. The third kappa shape index (κ3) is 3.59. The van der Waals surface area contributed by atoms with Gasteiger partial charge in [-0.2, -0.15) is 4.98 Å². The first kappa shape index (κ1) is 18.1. The van der Waals surface area contributed by atoms with Crippen LogP contribution < -0.4 is 0 Å². The zero-order valence-corrected chi connectivity index (χ0v) is 15.8. The number of rotatable bonds is 4. The fraction of sp³-hybridized carbons (Fsp3) is 0.529. The number of nitrogens with zero attached hydrogens (tertiary/aromatic N) is 5. The molecule has 0 radical (unpaired) electrons. The largest absolute Gasteiger partial charge is 0.338 e. The van der Waals surface area contributed by atoms with Crippen molar-refractivity contribution in [2.45, 2.75) is 32.0 Å². The maximum atomic E-state index is 12.9. The van der Waals surface area contributed by atoms with E-state index in [4.69, 9.17) is 4.52 Å². The number of amides is 1. The molecule has 144 valence electrons. The van der Waals surface area contributed by atoms with Gasteiger partial charge in [0.25, 0.3) is 5.91 Å². The third-order valence-electron chi connectivity index (χ3n) is 5.10. The van der Waals surface area contributed by atoms with E-state index in [9.17, 15) is 13.2 Å². The lowest BCUT2D eigenvalue weighted by Gasteiger charge is -2.43. The van der Waals surface area contributed by atoms with Gasteiger partial charge in [0.2, 0.25) is 5.89 Å². The molecule has 9 nitrogen and oxygen atoms in total. The number of pyridine rings is 1. The average molecular weight is 391 g/mol. The highest BCUT2D eigenvalue weighted by Gasteiger charge is 2.48. The number of piperazine rings is 1. The van der Waals surface area contributed by atoms with E-state index in [1.165, 1.54) is 0 Å². The number of hydrogen-bond acceptors (Lipinski definition) is 8. The molecular weight excluding hydrogens is 370 g/mol. The van der Waals surface area contributed by atoms with E-state index in [-0.39, 0.29) is 23.5 Å². The van der Waals surface area contributed by atoms with Gasteiger partial charge in [0, 0.05) is 31.7 Å². The summed E-state index contributed by atoms with van der Waals surface area (Å²) < 4.78 is 29.9. The number of carbonyl (C=O) groups excluding carboxylic acids is 1.